The molecule has 1 unspecified atom stereocenters. The molecule has 0 N–H and O–H groups in total. The molecule has 0 saturated carbocycles. The van der Waals surface area contributed by atoms with E-state index in [1.165, 1.54) is 7.11 Å². The van der Waals surface area contributed by atoms with E-state index in [1.54, 1.807) is 0 Å². The zero-order chi connectivity index (χ0) is 8.81. The van der Waals surface area contributed by atoms with Gasteiger partial charge in [0.2, 0.25) is 0 Å². The molecular formula is C9H12O3. The number of esters is 1. The van der Waals surface area contributed by atoms with Crippen LogP contribution in [0.1, 0.15) is 12.8 Å². The fourth-order valence-electron chi connectivity index (χ4n) is 1.07. The van der Waals surface area contributed by atoms with E-state index in [0.29, 0.717) is 6.61 Å². The Labute approximate surface area is 72.0 Å². The molecule has 0 aromatic rings. The van der Waals surface area contributed by atoms with Gasteiger partial charge in [-0.05, 0) is 12.8 Å². The Hall–Kier alpha value is -1.01. The van der Waals surface area contributed by atoms with E-state index in [1.807, 2.05) is 0 Å². The van der Waals surface area contributed by atoms with E-state index in [2.05, 4.69) is 16.6 Å². The molecule has 1 aliphatic rings. The summed E-state index contributed by atoms with van der Waals surface area (Å²) in [5, 5.41) is 0. The highest BCUT2D eigenvalue weighted by atomic mass is 16.5. The Morgan fingerprint density at radius 3 is 3.08 bits per heavy atom. The number of hydrogen-bond acceptors (Lipinski definition) is 3. The van der Waals surface area contributed by atoms with Crippen molar-refractivity contribution in [1.29, 1.82) is 0 Å². The second-order valence-corrected chi connectivity index (χ2v) is 2.67. The van der Waals surface area contributed by atoms with E-state index in [9.17, 15) is 4.79 Å². The molecule has 1 saturated heterocycles. The zero-order valence-electron chi connectivity index (χ0n) is 7.13. The predicted molar refractivity (Wildman–Crippen MR) is 43.3 cm³/mol. The number of hydrogen-bond donors (Lipinski definition) is 0. The minimum atomic E-state index is -0.472. The molecule has 1 aliphatic heterocycles. The molecule has 1 fully saturated rings. The van der Waals surface area contributed by atoms with Gasteiger partial charge in [-0.3, -0.25) is 0 Å². The smallest absolute Gasteiger partial charge is 0.384 e. The summed E-state index contributed by atoms with van der Waals surface area (Å²) in [5.41, 5.74) is 0. The van der Waals surface area contributed by atoms with Crippen molar-refractivity contribution >= 4 is 5.97 Å². The summed E-state index contributed by atoms with van der Waals surface area (Å²) in [5.74, 6) is 4.97. The third-order valence-electron chi connectivity index (χ3n) is 1.72. The van der Waals surface area contributed by atoms with Crippen LogP contribution in [0.25, 0.3) is 0 Å². The summed E-state index contributed by atoms with van der Waals surface area (Å²) >= 11 is 0. The summed E-state index contributed by atoms with van der Waals surface area (Å²) in [6, 6.07) is 0. The Kier molecular flexibility index (Phi) is 3.62. The Morgan fingerprint density at radius 2 is 2.50 bits per heavy atom. The lowest BCUT2D eigenvalue weighted by molar-refractivity contribution is -0.133. The van der Waals surface area contributed by atoms with Crippen LogP contribution in [0.5, 0.6) is 0 Å². The summed E-state index contributed by atoms with van der Waals surface area (Å²) in [6.07, 6.45) is 2.05. The molecule has 1 rings (SSSR count). The van der Waals surface area contributed by atoms with Crippen LogP contribution in [0, 0.1) is 17.8 Å². The summed E-state index contributed by atoms with van der Waals surface area (Å²) in [7, 11) is 1.33. The maximum Gasteiger partial charge on any atom is 0.384 e. The largest absolute Gasteiger partial charge is 0.459 e. The average Bonchev–Trinajstić information content (AvgIpc) is 2.16. The van der Waals surface area contributed by atoms with Crippen LogP contribution in [0.15, 0.2) is 0 Å². The van der Waals surface area contributed by atoms with Crippen LogP contribution in [0.2, 0.25) is 0 Å². The molecule has 3 heteroatoms. The third-order valence-corrected chi connectivity index (χ3v) is 1.72. The fourth-order valence-corrected chi connectivity index (χ4v) is 1.07. The molecule has 0 radical (unpaired) electrons. The Balaban J connectivity index is 2.35. The molecule has 3 nitrogen and oxygen atoms in total. The fraction of sp³-hybridized carbons (Fsp3) is 0.667. The van der Waals surface area contributed by atoms with Crippen molar-refractivity contribution in [3.05, 3.63) is 0 Å². The van der Waals surface area contributed by atoms with Crippen molar-refractivity contribution in [3.63, 3.8) is 0 Å². The molecule has 0 bridgehead atoms. The topological polar surface area (TPSA) is 35.5 Å². The second-order valence-electron chi connectivity index (χ2n) is 2.67. The maximum atomic E-state index is 10.6. The van der Waals surface area contributed by atoms with E-state index < -0.39 is 5.97 Å². The molecule has 0 amide bonds. The van der Waals surface area contributed by atoms with E-state index in [0.717, 1.165) is 19.4 Å². The van der Waals surface area contributed by atoms with Crippen LogP contribution in [-0.4, -0.2) is 26.3 Å². The minimum absolute atomic E-state index is 0.206. The molecule has 12 heavy (non-hydrogen) atoms. The van der Waals surface area contributed by atoms with Crippen LogP contribution in [0.3, 0.4) is 0 Å². The highest BCUT2D eigenvalue weighted by Crippen LogP contribution is 2.11. The third kappa shape index (κ3) is 2.93. The summed E-state index contributed by atoms with van der Waals surface area (Å²) in [6.45, 7) is 1.46. The summed E-state index contributed by atoms with van der Waals surface area (Å²) in [4.78, 5) is 10.6. The first kappa shape index (κ1) is 9.08. The SMILES string of the molecule is COC(=O)C#CC1CCCOC1. The quantitative estimate of drug-likeness (QED) is 0.301. The van der Waals surface area contributed by atoms with Gasteiger partial charge in [0.1, 0.15) is 0 Å². The lowest BCUT2D eigenvalue weighted by Gasteiger charge is -2.16. The van der Waals surface area contributed by atoms with Crippen molar-refractivity contribution in [2.24, 2.45) is 5.92 Å². The van der Waals surface area contributed by atoms with E-state index in [-0.39, 0.29) is 5.92 Å². The number of methoxy groups -OCH3 is 1. The lowest BCUT2D eigenvalue weighted by atomic mass is 10.0. The first-order valence-electron chi connectivity index (χ1n) is 4.00. The van der Waals surface area contributed by atoms with Crippen LogP contribution in [0.4, 0.5) is 0 Å². The van der Waals surface area contributed by atoms with Gasteiger partial charge < -0.3 is 9.47 Å². The van der Waals surface area contributed by atoms with Crippen molar-refractivity contribution in [2.45, 2.75) is 12.8 Å². The number of carbonyl (C=O) groups is 1. The monoisotopic (exact) mass is 168 g/mol. The van der Waals surface area contributed by atoms with Gasteiger partial charge in [-0.25, -0.2) is 4.79 Å². The average molecular weight is 168 g/mol. The van der Waals surface area contributed by atoms with E-state index in [4.69, 9.17) is 4.74 Å². The first-order valence-corrected chi connectivity index (χ1v) is 4.00. The van der Waals surface area contributed by atoms with Gasteiger partial charge in [-0.1, -0.05) is 5.92 Å². The van der Waals surface area contributed by atoms with Crippen LogP contribution in [-0.2, 0) is 14.3 Å². The van der Waals surface area contributed by atoms with Gasteiger partial charge in [-0.2, -0.15) is 0 Å². The van der Waals surface area contributed by atoms with Gasteiger partial charge in [0.25, 0.3) is 0 Å². The standard InChI is InChI=1S/C9H12O3/c1-11-9(10)5-4-8-3-2-6-12-7-8/h8H,2-3,6-7H2,1H3. The Bertz CT molecular complexity index is 206. The lowest BCUT2D eigenvalue weighted by Crippen LogP contribution is -2.15. The van der Waals surface area contributed by atoms with Crippen molar-refractivity contribution in [2.75, 3.05) is 20.3 Å². The normalized spacial score (nSPS) is 22.2. The molecule has 0 aliphatic carbocycles. The molecule has 0 aromatic carbocycles. The predicted octanol–water partition coefficient (Wildman–Crippen LogP) is 0.589. The van der Waals surface area contributed by atoms with Gasteiger partial charge in [-0.15, -0.1) is 0 Å². The minimum Gasteiger partial charge on any atom is -0.459 e. The summed E-state index contributed by atoms with van der Waals surface area (Å²) < 4.78 is 9.58. The first-order chi connectivity index (χ1) is 5.83. The van der Waals surface area contributed by atoms with Gasteiger partial charge in [0, 0.05) is 18.4 Å². The van der Waals surface area contributed by atoms with Gasteiger partial charge in [0.15, 0.2) is 0 Å². The molecule has 0 spiro atoms. The molecular weight excluding hydrogens is 156 g/mol. The van der Waals surface area contributed by atoms with Crippen molar-refractivity contribution in [1.82, 2.24) is 0 Å². The second kappa shape index (κ2) is 4.78. The number of rotatable bonds is 0. The zero-order valence-corrected chi connectivity index (χ0v) is 7.13. The van der Waals surface area contributed by atoms with Crippen molar-refractivity contribution in [3.8, 4) is 11.8 Å². The molecule has 66 valence electrons. The van der Waals surface area contributed by atoms with Crippen LogP contribution < -0.4 is 0 Å². The number of carbonyl (C=O) groups excluding carboxylic acids is 1. The molecule has 0 aromatic heterocycles. The van der Waals surface area contributed by atoms with Gasteiger partial charge in [0.05, 0.1) is 13.7 Å². The van der Waals surface area contributed by atoms with Gasteiger partial charge >= 0.3 is 5.97 Å². The van der Waals surface area contributed by atoms with Crippen molar-refractivity contribution < 1.29 is 14.3 Å². The molecule has 1 atom stereocenters. The highest BCUT2D eigenvalue weighted by molar-refractivity contribution is 5.88. The number of ether oxygens (including phenoxy) is 2. The highest BCUT2D eigenvalue weighted by Gasteiger charge is 2.10. The van der Waals surface area contributed by atoms with E-state index >= 15 is 0 Å². The maximum absolute atomic E-state index is 10.6. The Morgan fingerprint density at radius 1 is 1.67 bits per heavy atom. The molecule has 1 heterocycles. The van der Waals surface area contributed by atoms with Crippen LogP contribution >= 0.6 is 0 Å².